The largest absolute Gasteiger partial charge is 0.378 e. The molecule has 6 heteroatoms. The first kappa shape index (κ1) is 14.8. The number of H-pyrrole nitrogens is 1. The summed E-state index contributed by atoms with van der Waals surface area (Å²) in [7, 11) is 0. The highest BCUT2D eigenvalue weighted by molar-refractivity contribution is 5.59. The lowest BCUT2D eigenvalue weighted by Gasteiger charge is -2.34. The first-order valence-corrected chi connectivity index (χ1v) is 8.03. The molecular formula is C17H19F2N3O. The molecule has 1 saturated heterocycles. The van der Waals surface area contributed by atoms with Gasteiger partial charge >= 0.3 is 0 Å². The van der Waals surface area contributed by atoms with E-state index < -0.39 is 11.6 Å². The lowest BCUT2D eigenvalue weighted by molar-refractivity contribution is -0.0134. The van der Waals surface area contributed by atoms with Crippen molar-refractivity contribution in [2.75, 3.05) is 26.3 Å². The standard InChI is InChI=1S/C17H19F2N3O/c18-12-3-4-13(14(19)7-12)15-8-20-17(21-15)16-10-23-6-5-22(16)9-11-1-2-11/h3-4,7-8,11,16H,1-2,5-6,9-10H2,(H,20,21)/t16-/m0/s1. The maximum absolute atomic E-state index is 13.9. The predicted molar refractivity (Wildman–Crippen MR) is 81.8 cm³/mol. The highest BCUT2D eigenvalue weighted by Gasteiger charge is 2.32. The first-order chi connectivity index (χ1) is 11.2. The molecule has 122 valence electrons. The number of hydrogen-bond acceptors (Lipinski definition) is 3. The van der Waals surface area contributed by atoms with Gasteiger partial charge in [-0.15, -0.1) is 0 Å². The minimum Gasteiger partial charge on any atom is -0.378 e. The van der Waals surface area contributed by atoms with Gasteiger partial charge in [0.05, 0.1) is 31.1 Å². The van der Waals surface area contributed by atoms with Crippen LogP contribution in [-0.4, -0.2) is 41.2 Å². The van der Waals surface area contributed by atoms with E-state index in [4.69, 9.17) is 4.74 Å². The van der Waals surface area contributed by atoms with Gasteiger partial charge < -0.3 is 9.72 Å². The zero-order valence-corrected chi connectivity index (χ0v) is 12.8. The number of aromatic nitrogens is 2. The second-order valence-corrected chi connectivity index (χ2v) is 6.34. The van der Waals surface area contributed by atoms with Crippen LogP contribution in [0.4, 0.5) is 8.78 Å². The molecule has 2 aliphatic rings. The Morgan fingerprint density at radius 2 is 2.17 bits per heavy atom. The molecule has 0 amide bonds. The number of morpholine rings is 1. The Hall–Kier alpha value is -1.79. The number of aromatic amines is 1. The van der Waals surface area contributed by atoms with E-state index in [1.54, 1.807) is 6.20 Å². The Morgan fingerprint density at radius 3 is 2.96 bits per heavy atom. The summed E-state index contributed by atoms with van der Waals surface area (Å²) in [6, 6.07) is 3.64. The average molecular weight is 319 g/mol. The fourth-order valence-electron chi connectivity index (χ4n) is 3.09. The van der Waals surface area contributed by atoms with Crippen molar-refractivity contribution in [3.63, 3.8) is 0 Å². The molecule has 1 saturated carbocycles. The van der Waals surface area contributed by atoms with Gasteiger partial charge in [-0.05, 0) is 30.9 Å². The van der Waals surface area contributed by atoms with Gasteiger partial charge in [-0.1, -0.05) is 0 Å². The summed E-state index contributed by atoms with van der Waals surface area (Å²) >= 11 is 0. The summed E-state index contributed by atoms with van der Waals surface area (Å²) in [5.74, 6) is 0.404. The molecule has 2 heterocycles. The quantitative estimate of drug-likeness (QED) is 0.941. The van der Waals surface area contributed by atoms with Crippen LogP contribution in [0.5, 0.6) is 0 Å². The summed E-state index contributed by atoms with van der Waals surface area (Å²) < 4.78 is 32.6. The van der Waals surface area contributed by atoms with Crippen LogP contribution < -0.4 is 0 Å². The lowest BCUT2D eigenvalue weighted by Crippen LogP contribution is -2.41. The number of nitrogens with zero attached hydrogens (tertiary/aromatic N) is 2. The zero-order valence-electron chi connectivity index (χ0n) is 12.8. The van der Waals surface area contributed by atoms with E-state index in [0.717, 1.165) is 37.5 Å². The van der Waals surface area contributed by atoms with E-state index in [1.165, 1.54) is 25.0 Å². The maximum atomic E-state index is 13.9. The monoisotopic (exact) mass is 319 g/mol. The van der Waals surface area contributed by atoms with Crippen molar-refractivity contribution in [3.05, 3.63) is 41.9 Å². The van der Waals surface area contributed by atoms with Crippen molar-refractivity contribution in [3.8, 4) is 11.3 Å². The molecule has 0 bridgehead atoms. The Bertz CT molecular complexity index is 699. The van der Waals surface area contributed by atoms with E-state index in [9.17, 15) is 8.78 Å². The summed E-state index contributed by atoms with van der Waals surface area (Å²) in [6.45, 7) is 3.28. The molecular weight excluding hydrogens is 300 g/mol. The first-order valence-electron chi connectivity index (χ1n) is 8.03. The van der Waals surface area contributed by atoms with Gasteiger partial charge in [0, 0.05) is 24.7 Å². The van der Waals surface area contributed by atoms with Gasteiger partial charge in [0.1, 0.15) is 17.5 Å². The molecule has 4 rings (SSSR count). The van der Waals surface area contributed by atoms with Gasteiger partial charge in [0.2, 0.25) is 0 Å². The Morgan fingerprint density at radius 1 is 1.30 bits per heavy atom. The van der Waals surface area contributed by atoms with E-state index in [2.05, 4.69) is 14.9 Å². The number of imidazole rings is 1. The SMILES string of the molecule is Fc1ccc(-c2cnc([C@@H]3COCCN3CC3CC3)[nH]2)c(F)c1. The van der Waals surface area contributed by atoms with Crippen LogP contribution >= 0.6 is 0 Å². The van der Waals surface area contributed by atoms with Gasteiger partial charge in [-0.2, -0.15) is 0 Å². The van der Waals surface area contributed by atoms with E-state index in [0.29, 0.717) is 17.9 Å². The average Bonchev–Trinajstić information content (AvgIpc) is 3.22. The van der Waals surface area contributed by atoms with Gasteiger partial charge in [0.15, 0.2) is 0 Å². The van der Waals surface area contributed by atoms with Crippen LogP contribution in [0.2, 0.25) is 0 Å². The Labute approximate surface area is 133 Å². The second-order valence-electron chi connectivity index (χ2n) is 6.34. The minimum atomic E-state index is -0.588. The van der Waals surface area contributed by atoms with Crippen molar-refractivity contribution in [1.82, 2.24) is 14.9 Å². The smallest absolute Gasteiger partial charge is 0.135 e. The van der Waals surface area contributed by atoms with Crippen LogP contribution in [0.3, 0.4) is 0 Å². The summed E-state index contributed by atoms with van der Waals surface area (Å²) in [4.78, 5) is 10.0. The fraction of sp³-hybridized carbons (Fsp3) is 0.471. The third kappa shape index (κ3) is 3.14. The molecule has 1 N–H and O–H groups in total. The number of nitrogens with one attached hydrogen (secondary N) is 1. The summed E-state index contributed by atoms with van der Waals surface area (Å²) in [5, 5.41) is 0. The van der Waals surface area contributed by atoms with Crippen molar-refractivity contribution < 1.29 is 13.5 Å². The number of hydrogen-bond donors (Lipinski definition) is 1. The maximum Gasteiger partial charge on any atom is 0.135 e. The molecule has 0 unspecified atom stereocenters. The molecule has 0 radical (unpaired) electrons. The second kappa shape index (κ2) is 6.02. The van der Waals surface area contributed by atoms with E-state index in [-0.39, 0.29) is 6.04 Å². The van der Waals surface area contributed by atoms with Gasteiger partial charge in [-0.25, -0.2) is 13.8 Å². The molecule has 1 aliphatic heterocycles. The van der Waals surface area contributed by atoms with Crippen LogP contribution in [0.1, 0.15) is 24.7 Å². The number of benzene rings is 1. The number of rotatable bonds is 4. The summed E-state index contributed by atoms with van der Waals surface area (Å²) in [5.41, 5.74) is 0.894. The highest BCUT2D eigenvalue weighted by Crippen LogP contribution is 2.34. The molecule has 23 heavy (non-hydrogen) atoms. The predicted octanol–water partition coefficient (Wildman–Crippen LogP) is 3.14. The van der Waals surface area contributed by atoms with Gasteiger partial charge in [-0.3, -0.25) is 4.90 Å². The van der Waals surface area contributed by atoms with Crippen molar-refractivity contribution in [1.29, 1.82) is 0 Å². The third-order valence-electron chi connectivity index (χ3n) is 4.56. The van der Waals surface area contributed by atoms with Crippen LogP contribution in [-0.2, 0) is 4.74 Å². The van der Waals surface area contributed by atoms with Crippen LogP contribution in [0.15, 0.2) is 24.4 Å². The van der Waals surface area contributed by atoms with Crippen LogP contribution in [0.25, 0.3) is 11.3 Å². The molecule has 1 aromatic carbocycles. The molecule has 1 aromatic heterocycles. The van der Waals surface area contributed by atoms with Crippen LogP contribution in [0, 0.1) is 17.6 Å². The molecule has 2 aromatic rings. The fourth-order valence-corrected chi connectivity index (χ4v) is 3.09. The lowest BCUT2D eigenvalue weighted by atomic mass is 10.1. The minimum absolute atomic E-state index is 0.0709. The highest BCUT2D eigenvalue weighted by atomic mass is 19.1. The van der Waals surface area contributed by atoms with Gasteiger partial charge in [0.25, 0.3) is 0 Å². The molecule has 4 nitrogen and oxygen atoms in total. The van der Waals surface area contributed by atoms with Crippen molar-refractivity contribution in [2.45, 2.75) is 18.9 Å². The molecule has 1 aliphatic carbocycles. The molecule has 0 spiro atoms. The summed E-state index contributed by atoms with van der Waals surface area (Å²) in [6.07, 6.45) is 4.21. The third-order valence-corrected chi connectivity index (χ3v) is 4.56. The Kier molecular flexibility index (Phi) is 3.87. The van der Waals surface area contributed by atoms with E-state index >= 15 is 0 Å². The molecule has 1 atom stereocenters. The number of ether oxygens (including phenoxy) is 1. The Balaban J connectivity index is 1.58. The molecule has 2 fully saturated rings. The number of halogens is 2. The normalized spacial score (nSPS) is 22.4. The van der Waals surface area contributed by atoms with E-state index in [1.807, 2.05) is 0 Å². The van der Waals surface area contributed by atoms with Crippen molar-refractivity contribution in [2.24, 2.45) is 5.92 Å². The topological polar surface area (TPSA) is 41.1 Å². The van der Waals surface area contributed by atoms with Crippen molar-refractivity contribution >= 4 is 0 Å². The zero-order chi connectivity index (χ0) is 15.8.